The molecule has 0 bridgehead atoms. The highest BCUT2D eigenvalue weighted by Crippen LogP contribution is 2.20. The summed E-state index contributed by atoms with van der Waals surface area (Å²) in [5, 5.41) is 13.7. The summed E-state index contributed by atoms with van der Waals surface area (Å²) in [5.74, 6) is -0.838. The molecule has 6 nitrogen and oxygen atoms in total. The van der Waals surface area contributed by atoms with Gasteiger partial charge < -0.3 is 14.8 Å². The third-order valence-electron chi connectivity index (χ3n) is 2.82. The first kappa shape index (κ1) is 13.9. The molecule has 7 heteroatoms. The second-order valence-corrected chi connectivity index (χ2v) is 4.22. The van der Waals surface area contributed by atoms with Crippen molar-refractivity contribution >= 4 is 5.69 Å². The highest BCUT2D eigenvalue weighted by Gasteiger charge is 2.18. The predicted octanol–water partition coefficient (Wildman–Crippen LogP) is 1.24. The summed E-state index contributed by atoms with van der Waals surface area (Å²) in [6.45, 7) is 2.45. The van der Waals surface area contributed by atoms with E-state index in [-0.39, 0.29) is 18.3 Å². The van der Waals surface area contributed by atoms with Crippen molar-refractivity contribution < 1.29 is 18.8 Å². The molecule has 0 aliphatic carbocycles. The Kier molecular flexibility index (Phi) is 4.78. The van der Waals surface area contributed by atoms with Gasteiger partial charge in [-0.05, 0) is 0 Å². The average molecular weight is 270 g/mol. The quantitative estimate of drug-likeness (QED) is 0.643. The molecule has 0 spiro atoms. The second kappa shape index (κ2) is 6.55. The van der Waals surface area contributed by atoms with E-state index in [1.54, 1.807) is 0 Å². The standard InChI is InChI=1S/C12H15FN2O4/c13-12-9(2-1-3-11(12)15(16)17)7-18-8-10-6-14-4-5-19-10/h1-3,10,14H,4-8H2. The van der Waals surface area contributed by atoms with Crippen LogP contribution in [0.4, 0.5) is 10.1 Å². The maximum absolute atomic E-state index is 13.7. The van der Waals surface area contributed by atoms with Gasteiger partial charge in [0, 0.05) is 24.7 Å². The van der Waals surface area contributed by atoms with Crippen LogP contribution in [0.1, 0.15) is 5.56 Å². The molecule has 0 saturated carbocycles. The summed E-state index contributed by atoms with van der Waals surface area (Å²) >= 11 is 0. The Morgan fingerprint density at radius 3 is 3.11 bits per heavy atom. The fraction of sp³-hybridized carbons (Fsp3) is 0.500. The van der Waals surface area contributed by atoms with Gasteiger partial charge in [-0.1, -0.05) is 12.1 Å². The Morgan fingerprint density at radius 2 is 2.42 bits per heavy atom. The van der Waals surface area contributed by atoms with Gasteiger partial charge in [-0.2, -0.15) is 4.39 Å². The van der Waals surface area contributed by atoms with Crippen molar-refractivity contribution in [1.29, 1.82) is 0 Å². The molecule has 1 saturated heterocycles. The molecule has 19 heavy (non-hydrogen) atoms. The van der Waals surface area contributed by atoms with E-state index in [1.165, 1.54) is 12.1 Å². The summed E-state index contributed by atoms with van der Waals surface area (Å²) in [4.78, 5) is 9.85. The lowest BCUT2D eigenvalue weighted by atomic mass is 10.2. The Morgan fingerprint density at radius 1 is 1.58 bits per heavy atom. The van der Waals surface area contributed by atoms with Crippen LogP contribution in [-0.4, -0.2) is 37.3 Å². The second-order valence-electron chi connectivity index (χ2n) is 4.22. The number of benzene rings is 1. The monoisotopic (exact) mass is 270 g/mol. The first-order valence-electron chi connectivity index (χ1n) is 6.00. The zero-order chi connectivity index (χ0) is 13.7. The number of ether oxygens (including phenoxy) is 2. The number of nitro groups is 1. The molecule has 1 aromatic rings. The summed E-state index contributed by atoms with van der Waals surface area (Å²) < 4.78 is 24.5. The number of nitrogens with one attached hydrogen (secondary N) is 1. The van der Waals surface area contributed by atoms with Crippen molar-refractivity contribution in [2.24, 2.45) is 0 Å². The van der Waals surface area contributed by atoms with Crippen LogP contribution in [0.5, 0.6) is 0 Å². The van der Waals surface area contributed by atoms with E-state index in [2.05, 4.69) is 5.32 Å². The van der Waals surface area contributed by atoms with Gasteiger partial charge in [0.2, 0.25) is 5.82 Å². The fourth-order valence-corrected chi connectivity index (χ4v) is 1.85. The van der Waals surface area contributed by atoms with Gasteiger partial charge in [0.05, 0.1) is 30.8 Å². The number of nitro benzene ring substituents is 1. The van der Waals surface area contributed by atoms with Crippen LogP contribution in [0.15, 0.2) is 18.2 Å². The normalized spacial score (nSPS) is 19.3. The summed E-state index contributed by atoms with van der Waals surface area (Å²) in [6.07, 6.45) is -0.0597. The Hall–Kier alpha value is -1.57. The lowest BCUT2D eigenvalue weighted by molar-refractivity contribution is -0.387. The Balaban J connectivity index is 1.88. The van der Waals surface area contributed by atoms with Gasteiger partial charge in [-0.15, -0.1) is 0 Å². The van der Waals surface area contributed by atoms with Crippen LogP contribution in [0.2, 0.25) is 0 Å². The van der Waals surface area contributed by atoms with E-state index in [9.17, 15) is 14.5 Å². The van der Waals surface area contributed by atoms with E-state index in [4.69, 9.17) is 9.47 Å². The van der Waals surface area contributed by atoms with Crippen molar-refractivity contribution in [2.75, 3.05) is 26.3 Å². The molecule has 1 heterocycles. The molecular weight excluding hydrogens is 255 g/mol. The maximum atomic E-state index is 13.7. The summed E-state index contributed by atoms with van der Waals surface area (Å²) in [7, 11) is 0. The summed E-state index contributed by atoms with van der Waals surface area (Å²) in [5.41, 5.74) is -0.352. The van der Waals surface area contributed by atoms with E-state index >= 15 is 0 Å². The highest BCUT2D eigenvalue weighted by molar-refractivity contribution is 5.36. The lowest BCUT2D eigenvalue weighted by Gasteiger charge is -2.23. The van der Waals surface area contributed by atoms with Crippen LogP contribution >= 0.6 is 0 Å². The molecule has 1 aliphatic heterocycles. The van der Waals surface area contributed by atoms with Gasteiger partial charge in [0.25, 0.3) is 0 Å². The first-order chi connectivity index (χ1) is 9.18. The molecule has 0 amide bonds. The van der Waals surface area contributed by atoms with Crippen molar-refractivity contribution in [2.45, 2.75) is 12.7 Å². The molecule has 104 valence electrons. The van der Waals surface area contributed by atoms with Crippen LogP contribution < -0.4 is 5.32 Å². The van der Waals surface area contributed by atoms with Gasteiger partial charge >= 0.3 is 5.69 Å². The van der Waals surface area contributed by atoms with Crippen molar-refractivity contribution in [3.8, 4) is 0 Å². The molecule has 0 aromatic heterocycles. The third kappa shape index (κ3) is 3.69. The minimum Gasteiger partial charge on any atom is -0.374 e. The molecule has 1 unspecified atom stereocenters. The van der Waals surface area contributed by atoms with Crippen molar-refractivity contribution in [3.05, 3.63) is 39.7 Å². The van der Waals surface area contributed by atoms with E-state index in [0.29, 0.717) is 19.8 Å². The molecule has 1 N–H and O–H groups in total. The average Bonchev–Trinajstić information content (AvgIpc) is 2.41. The molecular formula is C12H15FN2O4. The van der Waals surface area contributed by atoms with Crippen LogP contribution in [0.3, 0.4) is 0 Å². The van der Waals surface area contributed by atoms with Gasteiger partial charge in [-0.3, -0.25) is 10.1 Å². The molecule has 1 aromatic carbocycles. The van der Waals surface area contributed by atoms with Crippen LogP contribution in [0.25, 0.3) is 0 Å². The van der Waals surface area contributed by atoms with Gasteiger partial charge in [0.1, 0.15) is 0 Å². The molecule has 1 aliphatic rings. The zero-order valence-electron chi connectivity index (χ0n) is 10.3. The van der Waals surface area contributed by atoms with Crippen LogP contribution in [-0.2, 0) is 16.1 Å². The van der Waals surface area contributed by atoms with Crippen molar-refractivity contribution in [3.63, 3.8) is 0 Å². The highest BCUT2D eigenvalue weighted by atomic mass is 19.1. The summed E-state index contributed by atoms with van der Waals surface area (Å²) in [6, 6.07) is 4.05. The third-order valence-corrected chi connectivity index (χ3v) is 2.82. The number of halogens is 1. The van der Waals surface area contributed by atoms with Crippen LogP contribution in [0, 0.1) is 15.9 Å². The number of hydrogen-bond donors (Lipinski definition) is 1. The topological polar surface area (TPSA) is 73.6 Å². The van der Waals surface area contributed by atoms with Gasteiger partial charge in [0.15, 0.2) is 0 Å². The SMILES string of the molecule is O=[N+]([O-])c1cccc(COCC2CNCCO2)c1F. The first-order valence-corrected chi connectivity index (χ1v) is 6.00. The smallest absolute Gasteiger partial charge is 0.305 e. The largest absolute Gasteiger partial charge is 0.374 e. The number of hydrogen-bond acceptors (Lipinski definition) is 5. The molecule has 0 radical (unpaired) electrons. The molecule has 1 fully saturated rings. The maximum Gasteiger partial charge on any atom is 0.305 e. The molecule has 1 atom stereocenters. The minimum absolute atomic E-state index is 0.00657. The van der Waals surface area contributed by atoms with Crippen molar-refractivity contribution in [1.82, 2.24) is 5.32 Å². The van der Waals surface area contributed by atoms with E-state index in [1.807, 2.05) is 0 Å². The number of morpholine rings is 1. The minimum atomic E-state index is -0.838. The van der Waals surface area contributed by atoms with Gasteiger partial charge in [-0.25, -0.2) is 0 Å². The van der Waals surface area contributed by atoms with E-state index < -0.39 is 16.4 Å². The lowest BCUT2D eigenvalue weighted by Crippen LogP contribution is -2.40. The fourth-order valence-electron chi connectivity index (χ4n) is 1.85. The van der Waals surface area contributed by atoms with E-state index in [0.717, 1.165) is 12.6 Å². The zero-order valence-corrected chi connectivity index (χ0v) is 10.3. The Bertz CT molecular complexity index is 449. The molecule has 2 rings (SSSR count). The number of rotatable bonds is 5. The Labute approximate surface area is 109 Å². The predicted molar refractivity (Wildman–Crippen MR) is 65.3 cm³/mol. The number of nitrogens with zero attached hydrogens (tertiary/aromatic N) is 1.